The van der Waals surface area contributed by atoms with E-state index in [-0.39, 0.29) is 24.0 Å². The molecule has 0 fully saturated rings. The minimum absolute atomic E-state index is 0. The number of aromatic nitrogens is 3. The van der Waals surface area contributed by atoms with Gasteiger partial charge in [-0.1, -0.05) is 26.2 Å². The van der Waals surface area contributed by atoms with Crippen LogP contribution in [0.1, 0.15) is 57.1 Å². The highest BCUT2D eigenvalue weighted by atomic mass is 127. The number of aliphatic imine (C=N–C) groups is 1. The molecule has 0 atom stereocenters. The maximum Gasteiger partial charge on any atom is 0.191 e. The summed E-state index contributed by atoms with van der Waals surface area (Å²) in [7, 11) is 1.81. The van der Waals surface area contributed by atoms with Gasteiger partial charge >= 0.3 is 0 Å². The first-order valence-electron chi connectivity index (χ1n) is 8.20. The number of rotatable bonds is 7. The maximum atomic E-state index is 4.29. The Kier molecular flexibility index (Phi) is 9.42. The van der Waals surface area contributed by atoms with Gasteiger partial charge in [0.15, 0.2) is 11.8 Å². The van der Waals surface area contributed by atoms with E-state index in [9.17, 15) is 0 Å². The van der Waals surface area contributed by atoms with Crippen molar-refractivity contribution in [1.82, 2.24) is 25.4 Å². The van der Waals surface area contributed by atoms with E-state index in [0.29, 0.717) is 6.54 Å². The van der Waals surface area contributed by atoms with Crippen molar-refractivity contribution in [2.45, 2.75) is 65.0 Å². The fourth-order valence-electron chi connectivity index (χ4n) is 2.64. The first kappa shape index (κ1) is 19.2. The minimum Gasteiger partial charge on any atom is -0.356 e. The SMILES string of the molecule is CCCCCCNC(=NC)NCc1nnc2n1CCCC2.I. The molecular weight excluding hydrogens is 391 g/mol. The van der Waals surface area contributed by atoms with Gasteiger partial charge in [-0.3, -0.25) is 4.99 Å². The van der Waals surface area contributed by atoms with Crippen molar-refractivity contribution in [2.24, 2.45) is 4.99 Å². The smallest absolute Gasteiger partial charge is 0.191 e. The van der Waals surface area contributed by atoms with Crippen LogP contribution in [0.3, 0.4) is 0 Å². The maximum absolute atomic E-state index is 4.29. The lowest BCUT2D eigenvalue weighted by molar-refractivity contribution is 0.504. The summed E-state index contributed by atoms with van der Waals surface area (Å²) >= 11 is 0. The summed E-state index contributed by atoms with van der Waals surface area (Å²) in [5.41, 5.74) is 0. The quantitative estimate of drug-likeness (QED) is 0.308. The monoisotopic (exact) mass is 420 g/mol. The van der Waals surface area contributed by atoms with Crippen LogP contribution in [-0.2, 0) is 19.5 Å². The van der Waals surface area contributed by atoms with Crippen LogP contribution in [-0.4, -0.2) is 34.3 Å². The van der Waals surface area contributed by atoms with Gasteiger partial charge in [0.2, 0.25) is 0 Å². The number of nitrogens with one attached hydrogen (secondary N) is 2. The van der Waals surface area contributed by atoms with Gasteiger partial charge in [-0.2, -0.15) is 0 Å². The van der Waals surface area contributed by atoms with Crippen LogP contribution in [0.25, 0.3) is 0 Å². The highest BCUT2D eigenvalue weighted by Gasteiger charge is 2.15. The molecule has 0 unspecified atom stereocenters. The Morgan fingerprint density at radius 2 is 2.05 bits per heavy atom. The van der Waals surface area contributed by atoms with Gasteiger partial charge in [0, 0.05) is 26.6 Å². The fourth-order valence-corrected chi connectivity index (χ4v) is 2.64. The van der Waals surface area contributed by atoms with Crippen molar-refractivity contribution in [3.8, 4) is 0 Å². The Balaban J connectivity index is 0.00000242. The number of unbranched alkanes of at least 4 members (excludes halogenated alkanes) is 3. The number of guanidine groups is 1. The van der Waals surface area contributed by atoms with E-state index in [0.717, 1.165) is 37.1 Å². The second-order valence-electron chi connectivity index (χ2n) is 5.55. The third kappa shape index (κ3) is 5.73. The Hall–Kier alpha value is -0.860. The van der Waals surface area contributed by atoms with Crippen molar-refractivity contribution in [1.29, 1.82) is 0 Å². The summed E-state index contributed by atoms with van der Waals surface area (Å²) in [6.07, 6.45) is 8.55. The van der Waals surface area contributed by atoms with E-state index < -0.39 is 0 Å². The molecular formula is C15H29IN6. The second kappa shape index (κ2) is 10.8. The number of hydrogen-bond donors (Lipinski definition) is 2. The lowest BCUT2D eigenvalue weighted by Crippen LogP contribution is -2.38. The molecule has 0 bridgehead atoms. The van der Waals surface area contributed by atoms with E-state index in [1.54, 1.807) is 7.05 Å². The number of nitrogens with zero attached hydrogens (tertiary/aromatic N) is 4. The molecule has 0 aliphatic carbocycles. The summed E-state index contributed by atoms with van der Waals surface area (Å²) < 4.78 is 2.24. The van der Waals surface area contributed by atoms with Gasteiger partial charge < -0.3 is 15.2 Å². The zero-order chi connectivity index (χ0) is 14.9. The molecule has 7 heteroatoms. The number of hydrogen-bond acceptors (Lipinski definition) is 3. The van der Waals surface area contributed by atoms with E-state index in [1.807, 2.05) is 0 Å². The molecule has 6 nitrogen and oxygen atoms in total. The Morgan fingerprint density at radius 3 is 2.82 bits per heavy atom. The number of aryl methyl sites for hydroxylation is 1. The molecule has 126 valence electrons. The molecule has 0 amide bonds. The van der Waals surface area contributed by atoms with Crippen LogP contribution in [0.5, 0.6) is 0 Å². The largest absolute Gasteiger partial charge is 0.356 e. The van der Waals surface area contributed by atoms with Gasteiger partial charge in [0.1, 0.15) is 5.82 Å². The van der Waals surface area contributed by atoms with Crippen molar-refractivity contribution in [3.05, 3.63) is 11.6 Å². The van der Waals surface area contributed by atoms with Crippen LogP contribution in [0.15, 0.2) is 4.99 Å². The molecule has 2 N–H and O–H groups in total. The summed E-state index contributed by atoms with van der Waals surface area (Å²) in [5.74, 6) is 2.99. The van der Waals surface area contributed by atoms with Gasteiger partial charge in [-0.15, -0.1) is 34.2 Å². The van der Waals surface area contributed by atoms with Gasteiger partial charge in [0.05, 0.1) is 6.54 Å². The summed E-state index contributed by atoms with van der Waals surface area (Å²) in [6.45, 7) is 4.93. The predicted octanol–water partition coefficient (Wildman–Crippen LogP) is 2.48. The molecule has 0 spiro atoms. The molecule has 1 aliphatic heterocycles. The lowest BCUT2D eigenvalue weighted by Gasteiger charge is -2.16. The first-order chi connectivity index (χ1) is 10.3. The minimum atomic E-state index is 0. The molecule has 0 saturated carbocycles. The van der Waals surface area contributed by atoms with Crippen LogP contribution in [0.4, 0.5) is 0 Å². The summed E-state index contributed by atoms with van der Waals surface area (Å²) in [6, 6.07) is 0. The standard InChI is InChI=1S/C15H28N6.HI/c1-3-4-5-7-10-17-15(16-2)18-12-14-20-19-13-9-6-8-11-21(13)14;/h3-12H2,1-2H3,(H2,16,17,18);1H. The molecule has 0 radical (unpaired) electrons. The first-order valence-corrected chi connectivity index (χ1v) is 8.20. The molecule has 0 aromatic carbocycles. The lowest BCUT2D eigenvalue weighted by atomic mass is 10.2. The van der Waals surface area contributed by atoms with Crippen molar-refractivity contribution in [2.75, 3.05) is 13.6 Å². The molecule has 2 rings (SSSR count). The molecule has 0 saturated heterocycles. The van der Waals surface area contributed by atoms with Crippen LogP contribution >= 0.6 is 24.0 Å². The van der Waals surface area contributed by atoms with E-state index in [2.05, 4.69) is 37.3 Å². The van der Waals surface area contributed by atoms with Crippen LogP contribution < -0.4 is 10.6 Å². The van der Waals surface area contributed by atoms with E-state index in [4.69, 9.17) is 0 Å². The second-order valence-corrected chi connectivity index (χ2v) is 5.55. The predicted molar refractivity (Wildman–Crippen MR) is 101 cm³/mol. The molecule has 1 aromatic rings. The third-order valence-corrected chi connectivity index (χ3v) is 3.90. The molecule has 22 heavy (non-hydrogen) atoms. The number of halogens is 1. The van der Waals surface area contributed by atoms with E-state index >= 15 is 0 Å². The van der Waals surface area contributed by atoms with Crippen molar-refractivity contribution < 1.29 is 0 Å². The third-order valence-electron chi connectivity index (χ3n) is 3.90. The van der Waals surface area contributed by atoms with Gasteiger partial charge in [0.25, 0.3) is 0 Å². The Labute approximate surface area is 150 Å². The fraction of sp³-hybridized carbons (Fsp3) is 0.800. The number of fused-ring (bicyclic) bond motifs is 1. The van der Waals surface area contributed by atoms with Crippen molar-refractivity contribution in [3.63, 3.8) is 0 Å². The highest BCUT2D eigenvalue weighted by Crippen LogP contribution is 2.13. The van der Waals surface area contributed by atoms with Crippen LogP contribution in [0.2, 0.25) is 0 Å². The topological polar surface area (TPSA) is 67.1 Å². The summed E-state index contributed by atoms with van der Waals surface area (Å²) in [5, 5.41) is 15.2. The average molecular weight is 420 g/mol. The molecule has 1 aromatic heterocycles. The van der Waals surface area contributed by atoms with Crippen LogP contribution in [0, 0.1) is 0 Å². The van der Waals surface area contributed by atoms with Crippen molar-refractivity contribution >= 4 is 29.9 Å². The highest BCUT2D eigenvalue weighted by molar-refractivity contribution is 14.0. The summed E-state index contributed by atoms with van der Waals surface area (Å²) in [4.78, 5) is 4.25. The Bertz CT molecular complexity index is 457. The molecule has 2 heterocycles. The average Bonchev–Trinajstić information content (AvgIpc) is 2.93. The zero-order valence-corrected chi connectivity index (χ0v) is 16.1. The van der Waals surface area contributed by atoms with Gasteiger partial charge in [-0.05, 0) is 19.3 Å². The zero-order valence-electron chi connectivity index (χ0n) is 13.8. The molecule has 1 aliphatic rings. The van der Waals surface area contributed by atoms with Gasteiger partial charge in [-0.25, -0.2) is 0 Å². The van der Waals surface area contributed by atoms with E-state index in [1.165, 1.54) is 38.5 Å². The Morgan fingerprint density at radius 1 is 1.18 bits per heavy atom. The normalized spacial score (nSPS) is 14.2.